The molecule has 1 aliphatic heterocycles. The maximum atomic E-state index is 9.82. The van der Waals surface area contributed by atoms with Crippen LogP contribution in [0.3, 0.4) is 0 Å². The number of nitriles is 1. The number of aliphatic hydroxyl groups excluding tert-OH is 1. The Kier molecular flexibility index (Phi) is 6.40. The molecule has 1 aromatic carbocycles. The Bertz CT molecular complexity index is 1390. The van der Waals surface area contributed by atoms with Crippen LogP contribution in [0, 0.1) is 29.1 Å². The number of nitrogens with zero attached hydrogens (tertiary/aromatic N) is 6. The van der Waals surface area contributed by atoms with E-state index < -0.39 is 6.10 Å². The molecule has 1 unspecified atom stereocenters. The van der Waals surface area contributed by atoms with Crippen LogP contribution >= 0.6 is 0 Å². The van der Waals surface area contributed by atoms with Crippen molar-refractivity contribution in [3.8, 4) is 29.2 Å². The molecule has 5 rings (SSSR count). The summed E-state index contributed by atoms with van der Waals surface area (Å²) in [5, 5.41) is 22.8. The molecule has 1 fully saturated rings. The average Bonchev–Trinajstić information content (AvgIpc) is 3.51. The minimum atomic E-state index is -0.651. The van der Waals surface area contributed by atoms with Crippen molar-refractivity contribution in [1.82, 2.24) is 24.6 Å². The molecule has 4 heterocycles. The van der Waals surface area contributed by atoms with Crippen molar-refractivity contribution in [2.24, 2.45) is 5.92 Å². The number of hydrogen-bond acceptors (Lipinski definition) is 7. The molecular formula is C27H24N6O2. The molecule has 174 valence electrons. The van der Waals surface area contributed by atoms with Gasteiger partial charge in [-0.1, -0.05) is 17.0 Å². The predicted octanol–water partition coefficient (Wildman–Crippen LogP) is 3.39. The van der Waals surface area contributed by atoms with E-state index in [1.807, 2.05) is 53.2 Å². The van der Waals surface area contributed by atoms with E-state index in [0.29, 0.717) is 18.1 Å². The lowest BCUT2D eigenvalue weighted by atomic mass is 10.0. The van der Waals surface area contributed by atoms with Crippen LogP contribution in [-0.2, 0) is 13.1 Å². The number of aromatic nitrogens is 4. The van der Waals surface area contributed by atoms with Crippen molar-refractivity contribution >= 4 is 0 Å². The summed E-state index contributed by atoms with van der Waals surface area (Å²) in [6.45, 7) is 4.56. The molecule has 1 atom stereocenters. The lowest BCUT2D eigenvalue weighted by Gasteiger charge is -2.34. The summed E-state index contributed by atoms with van der Waals surface area (Å²) in [6, 6.07) is 15.9. The zero-order chi connectivity index (χ0) is 24.2. The molecule has 0 saturated carbocycles. The van der Waals surface area contributed by atoms with Crippen LogP contribution in [0.4, 0.5) is 0 Å². The zero-order valence-corrected chi connectivity index (χ0v) is 19.3. The van der Waals surface area contributed by atoms with Gasteiger partial charge in [0.15, 0.2) is 5.76 Å². The van der Waals surface area contributed by atoms with Gasteiger partial charge in [0, 0.05) is 61.0 Å². The Morgan fingerprint density at radius 3 is 2.54 bits per heavy atom. The first-order valence-corrected chi connectivity index (χ1v) is 11.4. The summed E-state index contributed by atoms with van der Waals surface area (Å²) in [6.07, 6.45) is 4.61. The molecule has 0 spiro atoms. The maximum absolute atomic E-state index is 9.82. The second-order valence-corrected chi connectivity index (χ2v) is 8.66. The van der Waals surface area contributed by atoms with E-state index in [1.165, 1.54) is 0 Å². The third-order valence-corrected chi connectivity index (χ3v) is 5.88. The van der Waals surface area contributed by atoms with E-state index in [9.17, 15) is 5.11 Å². The Hall–Kier alpha value is -4.24. The minimum absolute atomic E-state index is 0.156. The van der Waals surface area contributed by atoms with E-state index in [0.717, 1.165) is 47.7 Å². The Morgan fingerprint density at radius 1 is 1.06 bits per heavy atom. The molecule has 1 saturated heterocycles. The van der Waals surface area contributed by atoms with Crippen molar-refractivity contribution < 1.29 is 9.63 Å². The van der Waals surface area contributed by atoms with Gasteiger partial charge in [-0.3, -0.25) is 9.88 Å². The molecule has 1 N–H and O–H groups in total. The highest BCUT2D eigenvalue weighted by Gasteiger charge is 2.26. The van der Waals surface area contributed by atoms with Gasteiger partial charge in [0.2, 0.25) is 0 Å². The fourth-order valence-electron chi connectivity index (χ4n) is 3.98. The Labute approximate surface area is 203 Å². The van der Waals surface area contributed by atoms with Crippen molar-refractivity contribution in [1.29, 1.82) is 5.26 Å². The van der Waals surface area contributed by atoms with E-state index in [-0.39, 0.29) is 5.92 Å². The molecule has 0 aliphatic carbocycles. The highest BCUT2D eigenvalue weighted by Crippen LogP contribution is 2.22. The van der Waals surface area contributed by atoms with Crippen molar-refractivity contribution in [3.63, 3.8) is 0 Å². The standard InChI is InChI=1S/C27H24N6O2/c1-19(34)27-29-10-11-33(27)18-25-12-26(35-31-25)23-7-4-20(5-8-23)2-3-21-6-9-24(30-14-21)17-32-15-22(13-28)16-32/h4-12,14,19,22,34H,15-18H2,1H3. The normalized spacial score (nSPS) is 14.5. The first kappa shape index (κ1) is 22.5. The van der Waals surface area contributed by atoms with Gasteiger partial charge in [-0.05, 0) is 43.3 Å². The van der Waals surface area contributed by atoms with Gasteiger partial charge in [0.25, 0.3) is 0 Å². The molecule has 8 heteroatoms. The smallest absolute Gasteiger partial charge is 0.167 e. The number of likely N-dealkylation sites (tertiary alicyclic amines) is 1. The SMILES string of the molecule is CC(O)c1nccn1Cc1cc(-c2ccc(C#Cc3ccc(CN4CC(C#N)C4)nc3)cc2)on1. The van der Waals surface area contributed by atoms with Crippen LogP contribution < -0.4 is 0 Å². The molecule has 3 aromatic heterocycles. The van der Waals surface area contributed by atoms with E-state index in [4.69, 9.17) is 9.78 Å². The highest BCUT2D eigenvalue weighted by atomic mass is 16.5. The van der Waals surface area contributed by atoms with Crippen molar-refractivity contribution in [2.75, 3.05) is 13.1 Å². The lowest BCUT2D eigenvalue weighted by molar-refractivity contribution is 0.125. The molecule has 35 heavy (non-hydrogen) atoms. The number of benzene rings is 1. The van der Waals surface area contributed by atoms with Gasteiger partial charge in [-0.15, -0.1) is 0 Å². The summed E-state index contributed by atoms with van der Waals surface area (Å²) in [5.41, 5.74) is 4.39. The first-order valence-electron chi connectivity index (χ1n) is 11.4. The lowest BCUT2D eigenvalue weighted by Crippen LogP contribution is -2.45. The Morgan fingerprint density at radius 2 is 1.83 bits per heavy atom. The molecule has 0 amide bonds. The van der Waals surface area contributed by atoms with Crippen LogP contribution in [0.5, 0.6) is 0 Å². The van der Waals surface area contributed by atoms with Crippen LogP contribution in [0.25, 0.3) is 11.3 Å². The molecule has 4 aromatic rings. The third kappa shape index (κ3) is 5.30. The average molecular weight is 465 g/mol. The van der Waals surface area contributed by atoms with Crippen LogP contribution in [0.1, 0.15) is 41.4 Å². The van der Waals surface area contributed by atoms with Gasteiger partial charge in [0.05, 0.1) is 24.2 Å². The fourth-order valence-corrected chi connectivity index (χ4v) is 3.98. The molecular weight excluding hydrogens is 440 g/mol. The quantitative estimate of drug-likeness (QED) is 0.436. The topological polar surface area (TPSA) is 104 Å². The summed E-state index contributed by atoms with van der Waals surface area (Å²) >= 11 is 0. The van der Waals surface area contributed by atoms with Crippen LogP contribution in [-0.4, -0.2) is 42.8 Å². The molecule has 1 aliphatic rings. The number of aliphatic hydroxyl groups is 1. The monoisotopic (exact) mass is 464 g/mol. The first-order chi connectivity index (χ1) is 17.1. The number of imidazole rings is 1. The van der Waals surface area contributed by atoms with Gasteiger partial charge < -0.3 is 14.2 Å². The van der Waals surface area contributed by atoms with Gasteiger partial charge in [-0.2, -0.15) is 5.26 Å². The summed E-state index contributed by atoms with van der Waals surface area (Å²) < 4.78 is 7.37. The Balaban J connectivity index is 1.19. The number of pyridine rings is 1. The number of hydrogen-bond donors (Lipinski definition) is 1. The van der Waals surface area contributed by atoms with Crippen molar-refractivity contribution in [2.45, 2.75) is 26.1 Å². The van der Waals surface area contributed by atoms with Crippen LogP contribution in [0.15, 0.2) is 65.6 Å². The summed E-state index contributed by atoms with van der Waals surface area (Å²) in [7, 11) is 0. The fraction of sp³-hybridized carbons (Fsp3) is 0.259. The zero-order valence-electron chi connectivity index (χ0n) is 19.3. The minimum Gasteiger partial charge on any atom is -0.385 e. The number of rotatable bonds is 6. The van der Waals surface area contributed by atoms with E-state index in [1.54, 1.807) is 19.3 Å². The predicted molar refractivity (Wildman–Crippen MR) is 128 cm³/mol. The van der Waals surface area contributed by atoms with E-state index >= 15 is 0 Å². The van der Waals surface area contributed by atoms with Gasteiger partial charge in [0.1, 0.15) is 17.6 Å². The second kappa shape index (κ2) is 9.94. The molecule has 0 radical (unpaired) electrons. The van der Waals surface area contributed by atoms with Crippen LogP contribution in [0.2, 0.25) is 0 Å². The summed E-state index contributed by atoms with van der Waals surface area (Å²) in [4.78, 5) is 10.9. The molecule has 8 nitrogen and oxygen atoms in total. The van der Waals surface area contributed by atoms with Gasteiger partial charge in [-0.25, -0.2) is 4.98 Å². The van der Waals surface area contributed by atoms with E-state index in [2.05, 4.69) is 37.9 Å². The summed E-state index contributed by atoms with van der Waals surface area (Å²) in [5.74, 6) is 7.74. The largest absolute Gasteiger partial charge is 0.385 e. The maximum Gasteiger partial charge on any atom is 0.167 e. The highest BCUT2D eigenvalue weighted by molar-refractivity contribution is 5.59. The molecule has 0 bridgehead atoms. The van der Waals surface area contributed by atoms with Crippen molar-refractivity contribution in [3.05, 3.63) is 89.4 Å². The third-order valence-electron chi connectivity index (χ3n) is 5.88. The second-order valence-electron chi connectivity index (χ2n) is 8.66. The van der Waals surface area contributed by atoms with Gasteiger partial charge >= 0.3 is 0 Å².